The normalized spacial score (nSPS) is 10.6. The van der Waals surface area contributed by atoms with E-state index in [1.165, 1.54) is 11.5 Å². The third-order valence-corrected chi connectivity index (χ3v) is 2.39. The van der Waals surface area contributed by atoms with Crippen LogP contribution in [0.15, 0.2) is 12.3 Å². The van der Waals surface area contributed by atoms with Crippen molar-refractivity contribution < 1.29 is 0 Å². The van der Waals surface area contributed by atoms with Crippen molar-refractivity contribution in [2.24, 2.45) is 0 Å². The number of hydrogen-bond donors (Lipinski definition) is 1. The molecule has 0 radical (unpaired) electrons. The molecule has 0 aromatic carbocycles. The lowest BCUT2D eigenvalue weighted by atomic mass is 10.3. The molecule has 0 spiro atoms. The van der Waals surface area contributed by atoms with Crippen LogP contribution in [0.5, 0.6) is 0 Å². The first-order valence-corrected chi connectivity index (χ1v) is 4.02. The number of hydrogen-bond acceptors (Lipinski definition) is 4. The van der Waals surface area contributed by atoms with Gasteiger partial charge in [0, 0.05) is 5.39 Å². The monoisotopic (exact) mass is 165 g/mol. The van der Waals surface area contributed by atoms with E-state index in [-0.39, 0.29) is 0 Å². The van der Waals surface area contributed by atoms with E-state index in [2.05, 4.69) is 9.36 Å². The largest absolute Gasteiger partial charge is 0.397 e. The summed E-state index contributed by atoms with van der Waals surface area (Å²) in [5, 5.41) is 1.06. The van der Waals surface area contributed by atoms with E-state index in [9.17, 15) is 0 Å². The summed E-state index contributed by atoms with van der Waals surface area (Å²) in [4.78, 5) is 5.09. The Morgan fingerprint density at radius 1 is 1.55 bits per heavy atom. The van der Waals surface area contributed by atoms with Gasteiger partial charge in [-0.15, -0.1) is 0 Å². The van der Waals surface area contributed by atoms with Crippen molar-refractivity contribution in [3.63, 3.8) is 0 Å². The van der Waals surface area contributed by atoms with Crippen molar-refractivity contribution in [1.29, 1.82) is 0 Å². The number of aryl methyl sites for hydroxylation is 1. The van der Waals surface area contributed by atoms with Gasteiger partial charge < -0.3 is 5.73 Å². The summed E-state index contributed by atoms with van der Waals surface area (Å²) >= 11 is 1.41. The Labute approximate surface area is 68.0 Å². The van der Waals surface area contributed by atoms with E-state index in [0.717, 1.165) is 15.9 Å². The Kier molecular flexibility index (Phi) is 1.29. The molecule has 2 aromatic heterocycles. The smallest absolute Gasteiger partial charge is 0.143 e. The topological polar surface area (TPSA) is 51.8 Å². The molecule has 0 unspecified atom stereocenters. The first-order chi connectivity index (χ1) is 5.27. The molecule has 0 aliphatic carbocycles. The summed E-state index contributed by atoms with van der Waals surface area (Å²) in [7, 11) is 0. The molecular weight excluding hydrogens is 158 g/mol. The zero-order valence-corrected chi connectivity index (χ0v) is 6.85. The lowest BCUT2D eigenvalue weighted by Gasteiger charge is -1.90. The van der Waals surface area contributed by atoms with E-state index in [4.69, 9.17) is 5.73 Å². The molecule has 2 heterocycles. The Bertz CT molecular complexity index is 393. The average Bonchev–Trinajstić information content (AvgIpc) is 2.33. The van der Waals surface area contributed by atoms with Crippen molar-refractivity contribution >= 4 is 27.4 Å². The summed E-state index contributed by atoms with van der Waals surface area (Å²) in [6, 6.07) is 1.90. The van der Waals surface area contributed by atoms with Crippen molar-refractivity contribution in [2.75, 3.05) is 5.73 Å². The maximum absolute atomic E-state index is 5.57. The molecule has 2 N–H and O–H groups in total. The predicted octanol–water partition coefficient (Wildman–Crippen LogP) is 1.58. The Balaban J connectivity index is 2.87. The van der Waals surface area contributed by atoms with Gasteiger partial charge in [-0.3, -0.25) is 0 Å². The SMILES string of the molecule is Cc1nsc2ncc(N)cc12. The number of nitrogens with zero attached hydrogens (tertiary/aromatic N) is 2. The third-order valence-electron chi connectivity index (χ3n) is 1.53. The second-order valence-electron chi connectivity index (χ2n) is 2.39. The molecule has 0 aliphatic heterocycles. The Morgan fingerprint density at radius 3 is 3.18 bits per heavy atom. The highest BCUT2D eigenvalue weighted by atomic mass is 32.1. The number of aromatic nitrogens is 2. The van der Waals surface area contributed by atoms with Gasteiger partial charge in [0.05, 0.1) is 17.6 Å². The van der Waals surface area contributed by atoms with Crippen LogP contribution in [-0.2, 0) is 0 Å². The van der Waals surface area contributed by atoms with Crippen LogP contribution in [0.1, 0.15) is 5.69 Å². The van der Waals surface area contributed by atoms with Gasteiger partial charge in [0.15, 0.2) is 0 Å². The molecule has 2 aromatic rings. The molecular formula is C7H7N3S. The van der Waals surface area contributed by atoms with Gasteiger partial charge in [0.1, 0.15) is 4.83 Å². The molecule has 0 atom stereocenters. The molecule has 0 bridgehead atoms. The van der Waals surface area contributed by atoms with E-state index >= 15 is 0 Å². The summed E-state index contributed by atoms with van der Waals surface area (Å²) in [6.07, 6.45) is 1.65. The first-order valence-electron chi connectivity index (χ1n) is 3.25. The van der Waals surface area contributed by atoms with E-state index in [1.54, 1.807) is 6.20 Å². The van der Waals surface area contributed by atoms with Crippen molar-refractivity contribution in [3.8, 4) is 0 Å². The first kappa shape index (κ1) is 6.54. The van der Waals surface area contributed by atoms with Gasteiger partial charge in [-0.25, -0.2) is 4.98 Å². The van der Waals surface area contributed by atoms with Gasteiger partial charge in [-0.1, -0.05) is 0 Å². The molecule has 0 saturated heterocycles. The number of rotatable bonds is 0. The van der Waals surface area contributed by atoms with Crippen LogP contribution < -0.4 is 5.73 Å². The molecule has 0 aliphatic rings. The number of nitrogen functional groups attached to an aromatic ring is 1. The predicted molar refractivity (Wildman–Crippen MR) is 46.6 cm³/mol. The zero-order chi connectivity index (χ0) is 7.84. The minimum absolute atomic E-state index is 0.695. The third kappa shape index (κ3) is 0.952. The van der Waals surface area contributed by atoms with Crippen LogP contribution in [0, 0.1) is 6.92 Å². The fourth-order valence-corrected chi connectivity index (χ4v) is 1.69. The highest BCUT2D eigenvalue weighted by molar-refractivity contribution is 7.12. The summed E-state index contributed by atoms with van der Waals surface area (Å²) in [5.74, 6) is 0. The van der Waals surface area contributed by atoms with E-state index < -0.39 is 0 Å². The van der Waals surface area contributed by atoms with Crippen LogP contribution in [0.4, 0.5) is 5.69 Å². The Hall–Kier alpha value is -1.16. The Morgan fingerprint density at radius 2 is 2.36 bits per heavy atom. The van der Waals surface area contributed by atoms with Crippen LogP contribution in [0.25, 0.3) is 10.2 Å². The van der Waals surface area contributed by atoms with E-state index in [0.29, 0.717) is 5.69 Å². The second kappa shape index (κ2) is 2.17. The van der Waals surface area contributed by atoms with Crippen LogP contribution >= 0.6 is 11.5 Å². The molecule has 4 heteroatoms. The standard InChI is InChI=1S/C7H7N3S/c1-4-6-2-5(8)3-9-7(6)11-10-4/h2-3H,8H2,1H3. The van der Waals surface area contributed by atoms with Gasteiger partial charge in [0.25, 0.3) is 0 Å². The van der Waals surface area contributed by atoms with E-state index in [1.807, 2.05) is 13.0 Å². The molecule has 3 nitrogen and oxygen atoms in total. The minimum Gasteiger partial charge on any atom is -0.397 e. The lowest BCUT2D eigenvalue weighted by Crippen LogP contribution is -1.84. The van der Waals surface area contributed by atoms with Gasteiger partial charge in [-0.05, 0) is 24.5 Å². The number of anilines is 1. The fraction of sp³-hybridized carbons (Fsp3) is 0.143. The summed E-state index contributed by atoms with van der Waals surface area (Å²) in [6.45, 7) is 1.96. The second-order valence-corrected chi connectivity index (χ2v) is 3.14. The molecule has 2 rings (SSSR count). The summed E-state index contributed by atoms with van der Waals surface area (Å²) in [5.41, 5.74) is 7.27. The zero-order valence-electron chi connectivity index (χ0n) is 6.03. The number of pyridine rings is 1. The van der Waals surface area contributed by atoms with Crippen LogP contribution in [0.2, 0.25) is 0 Å². The van der Waals surface area contributed by atoms with Gasteiger partial charge in [-0.2, -0.15) is 4.37 Å². The molecule has 0 amide bonds. The number of nitrogens with two attached hydrogens (primary N) is 1. The van der Waals surface area contributed by atoms with Crippen molar-refractivity contribution in [1.82, 2.24) is 9.36 Å². The minimum atomic E-state index is 0.695. The van der Waals surface area contributed by atoms with Crippen molar-refractivity contribution in [3.05, 3.63) is 18.0 Å². The van der Waals surface area contributed by atoms with Crippen LogP contribution in [0.3, 0.4) is 0 Å². The molecule has 11 heavy (non-hydrogen) atoms. The maximum atomic E-state index is 5.57. The average molecular weight is 165 g/mol. The molecule has 56 valence electrons. The number of fused-ring (bicyclic) bond motifs is 1. The van der Waals surface area contributed by atoms with Crippen LogP contribution in [-0.4, -0.2) is 9.36 Å². The fourth-order valence-electron chi connectivity index (χ4n) is 0.961. The van der Waals surface area contributed by atoms with Gasteiger partial charge >= 0.3 is 0 Å². The highest BCUT2D eigenvalue weighted by Crippen LogP contribution is 2.21. The van der Waals surface area contributed by atoms with Crippen molar-refractivity contribution in [2.45, 2.75) is 6.92 Å². The lowest BCUT2D eigenvalue weighted by molar-refractivity contribution is 1.37. The quantitative estimate of drug-likeness (QED) is 0.644. The van der Waals surface area contributed by atoms with Gasteiger partial charge in [0.2, 0.25) is 0 Å². The molecule has 0 fully saturated rings. The molecule has 0 saturated carbocycles. The highest BCUT2D eigenvalue weighted by Gasteiger charge is 2.01. The maximum Gasteiger partial charge on any atom is 0.143 e. The summed E-state index contributed by atoms with van der Waals surface area (Å²) < 4.78 is 4.16.